The average Bonchev–Trinajstić information content (AvgIpc) is 2.57. The molecule has 29 heavy (non-hydrogen) atoms. The number of ether oxygens (including phenoxy) is 2. The van der Waals surface area contributed by atoms with Gasteiger partial charge in [-0.3, -0.25) is 0 Å². The number of benzene rings is 1. The first-order chi connectivity index (χ1) is 13.4. The van der Waals surface area contributed by atoms with E-state index in [0.717, 1.165) is 0 Å². The van der Waals surface area contributed by atoms with E-state index in [0.29, 0.717) is 6.42 Å². The van der Waals surface area contributed by atoms with Crippen LogP contribution in [0.15, 0.2) is 24.4 Å². The van der Waals surface area contributed by atoms with Gasteiger partial charge in [-0.2, -0.15) is 26.3 Å². The van der Waals surface area contributed by atoms with Gasteiger partial charge in [0.1, 0.15) is 11.3 Å². The first kappa shape index (κ1) is 23.2. The summed E-state index contributed by atoms with van der Waals surface area (Å²) in [4.78, 5) is 3.16. The quantitative estimate of drug-likeness (QED) is 0.382. The molecule has 1 aromatic heterocycles. The molecule has 0 fully saturated rings. The Kier molecular flexibility index (Phi) is 7.34. The predicted molar refractivity (Wildman–Crippen MR) is 92.6 cm³/mol. The molecule has 0 saturated heterocycles. The molecule has 0 aliphatic rings. The maximum absolute atomic E-state index is 13.0. The number of hydrogen-bond acceptors (Lipinski definition) is 4. The van der Waals surface area contributed by atoms with Crippen molar-refractivity contribution in [1.29, 1.82) is 0 Å². The standard InChI is InChI=1S/C17H13Cl2F6NO3/c18-12-6-10(27)7-13(19)14(12)28-3-1-2-4-29-15-11(17(23,24)25)5-9(8-26-15)16(20,21)22/h5-8,27H,1-4H2. The summed E-state index contributed by atoms with van der Waals surface area (Å²) in [6, 6.07) is 2.40. The van der Waals surface area contributed by atoms with Gasteiger partial charge in [-0.15, -0.1) is 0 Å². The van der Waals surface area contributed by atoms with Gasteiger partial charge in [-0.05, 0) is 18.9 Å². The monoisotopic (exact) mass is 463 g/mol. The van der Waals surface area contributed by atoms with Crippen LogP contribution in [-0.2, 0) is 12.4 Å². The van der Waals surface area contributed by atoms with Crippen LogP contribution in [0, 0.1) is 0 Å². The van der Waals surface area contributed by atoms with E-state index >= 15 is 0 Å². The summed E-state index contributed by atoms with van der Waals surface area (Å²) < 4.78 is 87.0. The minimum atomic E-state index is -5.06. The Balaban J connectivity index is 1.91. The number of unbranched alkanes of at least 4 members (excludes halogenated alkanes) is 1. The maximum atomic E-state index is 13.0. The molecular formula is C17H13Cl2F6NO3. The van der Waals surface area contributed by atoms with E-state index in [-0.39, 0.29) is 53.4 Å². The normalized spacial score (nSPS) is 12.1. The first-order valence-electron chi connectivity index (χ1n) is 7.97. The number of hydrogen-bond donors (Lipinski definition) is 1. The molecule has 0 radical (unpaired) electrons. The van der Waals surface area contributed by atoms with Gasteiger partial charge in [0.2, 0.25) is 5.88 Å². The van der Waals surface area contributed by atoms with Crippen LogP contribution in [0.2, 0.25) is 10.0 Å². The van der Waals surface area contributed by atoms with E-state index in [1.807, 2.05) is 0 Å². The number of halogens is 8. The van der Waals surface area contributed by atoms with Gasteiger partial charge >= 0.3 is 12.4 Å². The second kappa shape index (κ2) is 9.17. The van der Waals surface area contributed by atoms with Gasteiger partial charge in [0.05, 0.1) is 28.8 Å². The summed E-state index contributed by atoms with van der Waals surface area (Å²) >= 11 is 11.7. The van der Waals surface area contributed by atoms with E-state index in [9.17, 15) is 31.4 Å². The Labute approximate surface area is 171 Å². The number of aromatic nitrogens is 1. The van der Waals surface area contributed by atoms with Crippen LogP contribution in [0.5, 0.6) is 17.4 Å². The Morgan fingerprint density at radius 3 is 1.93 bits per heavy atom. The largest absolute Gasteiger partial charge is 0.508 e. The van der Waals surface area contributed by atoms with Crippen LogP contribution in [0.4, 0.5) is 26.3 Å². The molecule has 2 aromatic rings. The Hall–Kier alpha value is -2.07. The molecule has 1 aromatic carbocycles. The first-order valence-corrected chi connectivity index (χ1v) is 8.73. The zero-order valence-electron chi connectivity index (χ0n) is 14.4. The van der Waals surface area contributed by atoms with Crippen LogP contribution < -0.4 is 9.47 Å². The second-order valence-electron chi connectivity index (χ2n) is 5.71. The topological polar surface area (TPSA) is 51.6 Å². The Morgan fingerprint density at radius 2 is 1.41 bits per heavy atom. The van der Waals surface area contributed by atoms with Crippen LogP contribution in [0.3, 0.4) is 0 Å². The van der Waals surface area contributed by atoms with Crippen LogP contribution >= 0.6 is 23.2 Å². The van der Waals surface area contributed by atoms with E-state index in [2.05, 4.69) is 4.98 Å². The third-order valence-electron chi connectivity index (χ3n) is 3.49. The highest BCUT2D eigenvalue weighted by Gasteiger charge is 2.39. The molecule has 0 unspecified atom stereocenters. The lowest BCUT2D eigenvalue weighted by molar-refractivity contribution is -0.144. The maximum Gasteiger partial charge on any atom is 0.421 e. The van der Waals surface area contributed by atoms with Crippen LogP contribution in [0.25, 0.3) is 0 Å². The number of alkyl halides is 6. The molecule has 0 bridgehead atoms. The van der Waals surface area contributed by atoms with Gasteiger partial charge in [0.25, 0.3) is 0 Å². The van der Waals surface area contributed by atoms with Crippen molar-refractivity contribution in [1.82, 2.24) is 4.98 Å². The number of aromatic hydroxyl groups is 1. The third kappa shape index (κ3) is 6.46. The summed E-state index contributed by atoms with van der Waals surface area (Å²) in [6.07, 6.45) is -9.20. The lowest BCUT2D eigenvalue weighted by atomic mass is 10.2. The second-order valence-corrected chi connectivity index (χ2v) is 6.53. The highest BCUT2D eigenvalue weighted by Crippen LogP contribution is 2.39. The fourth-order valence-corrected chi connectivity index (χ4v) is 2.74. The van der Waals surface area contributed by atoms with Crippen molar-refractivity contribution in [3.63, 3.8) is 0 Å². The molecule has 1 N–H and O–H groups in total. The van der Waals surface area contributed by atoms with Crippen molar-refractivity contribution in [3.05, 3.63) is 45.6 Å². The van der Waals surface area contributed by atoms with Crippen molar-refractivity contribution in [2.24, 2.45) is 0 Å². The number of pyridine rings is 1. The third-order valence-corrected chi connectivity index (χ3v) is 4.05. The lowest BCUT2D eigenvalue weighted by Crippen LogP contribution is -2.15. The molecule has 0 amide bonds. The zero-order chi connectivity index (χ0) is 21.8. The zero-order valence-corrected chi connectivity index (χ0v) is 15.9. The summed E-state index contributed by atoms with van der Waals surface area (Å²) in [5.74, 6) is -0.947. The van der Waals surface area contributed by atoms with E-state index in [4.69, 9.17) is 32.7 Å². The molecular weight excluding hydrogens is 451 g/mol. The van der Waals surface area contributed by atoms with E-state index in [1.54, 1.807) is 0 Å². The molecule has 4 nitrogen and oxygen atoms in total. The van der Waals surface area contributed by atoms with Gasteiger partial charge in [0.15, 0.2) is 5.75 Å². The summed E-state index contributed by atoms with van der Waals surface area (Å²) in [6.45, 7) is -0.151. The number of phenolic OH excluding ortho intramolecular Hbond substituents is 1. The number of nitrogens with zero attached hydrogens (tertiary/aromatic N) is 1. The molecule has 160 valence electrons. The van der Waals surface area contributed by atoms with Crippen molar-refractivity contribution < 1.29 is 40.9 Å². The van der Waals surface area contributed by atoms with Gasteiger partial charge in [0, 0.05) is 18.3 Å². The van der Waals surface area contributed by atoms with Gasteiger partial charge in [-0.1, -0.05) is 23.2 Å². The summed E-state index contributed by atoms with van der Waals surface area (Å²) in [5, 5.41) is 9.48. The average molecular weight is 464 g/mol. The highest BCUT2D eigenvalue weighted by atomic mass is 35.5. The van der Waals surface area contributed by atoms with Crippen molar-refractivity contribution in [2.45, 2.75) is 25.2 Å². The summed E-state index contributed by atoms with van der Waals surface area (Å²) in [5.41, 5.74) is -3.13. The molecule has 0 aliphatic carbocycles. The molecule has 0 atom stereocenters. The minimum absolute atomic E-state index is 0.0414. The molecule has 0 saturated carbocycles. The fourth-order valence-electron chi connectivity index (χ4n) is 2.16. The molecule has 2 rings (SSSR count). The molecule has 0 spiro atoms. The van der Waals surface area contributed by atoms with Crippen molar-refractivity contribution in [3.8, 4) is 17.4 Å². The fraction of sp³-hybridized carbons (Fsp3) is 0.353. The highest BCUT2D eigenvalue weighted by molar-refractivity contribution is 6.37. The summed E-state index contributed by atoms with van der Waals surface area (Å²) in [7, 11) is 0. The van der Waals surface area contributed by atoms with E-state index < -0.39 is 29.4 Å². The smallest absolute Gasteiger partial charge is 0.421 e. The molecule has 1 heterocycles. The molecule has 12 heteroatoms. The van der Waals surface area contributed by atoms with E-state index in [1.165, 1.54) is 12.1 Å². The molecule has 0 aliphatic heterocycles. The van der Waals surface area contributed by atoms with Crippen LogP contribution in [0.1, 0.15) is 24.0 Å². The number of rotatable bonds is 7. The predicted octanol–water partition coefficient (Wildman–Crippen LogP) is 6.37. The SMILES string of the molecule is Oc1cc(Cl)c(OCCCCOc2ncc(C(F)(F)F)cc2C(F)(F)F)c(Cl)c1. The lowest BCUT2D eigenvalue weighted by Gasteiger charge is -2.15. The Morgan fingerprint density at radius 1 is 0.862 bits per heavy atom. The van der Waals surface area contributed by atoms with Crippen molar-refractivity contribution in [2.75, 3.05) is 13.2 Å². The number of phenols is 1. The van der Waals surface area contributed by atoms with Crippen LogP contribution in [-0.4, -0.2) is 23.3 Å². The Bertz CT molecular complexity index is 835. The van der Waals surface area contributed by atoms with Gasteiger partial charge in [-0.25, -0.2) is 4.98 Å². The van der Waals surface area contributed by atoms with Crippen molar-refractivity contribution >= 4 is 23.2 Å². The minimum Gasteiger partial charge on any atom is -0.508 e. The van der Waals surface area contributed by atoms with Gasteiger partial charge < -0.3 is 14.6 Å².